The van der Waals surface area contributed by atoms with Gasteiger partial charge in [0.1, 0.15) is 12.1 Å². The second-order valence-electron chi connectivity index (χ2n) is 5.13. The highest BCUT2D eigenvalue weighted by Crippen LogP contribution is 2.39. The summed E-state index contributed by atoms with van der Waals surface area (Å²) in [5.41, 5.74) is 0.812. The summed E-state index contributed by atoms with van der Waals surface area (Å²) in [6.07, 6.45) is -4.46. The Labute approximate surface area is 129 Å². The molecule has 118 valence electrons. The normalized spacial score (nSPS) is 21.3. The average molecular weight is 329 g/mol. The lowest BCUT2D eigenvalue weighted by atomic mass is 9.92. The highest BCUT2D eigenvalue weighted by atomic mass is 32.2. The smallest absolute Gasteiger partial charge is 0.425 e. The molecule has 2 atom stereocenters. The fourth-order valence-electron chi connectivity index (χ4n) is 2.49. The van der Waals surface area contributed by atoms with Crippen molar-refractivity contribution in [3.8, 4) is 5.75 Å². The number of ether oxygens (including phenoxy) is 1. The highest BCUT2D eigenvalue weighted by Gasteiger charge is 2.49. The van der Waals surface area contributed by atoms with Crippen LogP contribution in [0.3, 0.4) is 0 Å². The van der Waals surface area contributed by atoms with Gasteiger partial charge in [-0.3, -0.25) is 0 Å². The number of nitrogens with zero attached hydrogens (tertiary/aromatic N) is 3. The summed E-state index contributed by atoms with van der Waals surface area (Å²) in [4.78, 5) is 4.02. The minimum atomic E-state index is -4.39. The first-order valence-electron chi connectivity index (χ1n) is 6.73. The molecule has 0 spiro atoms. The number of aryl methyl sites for hydroxylation is 1. The minimum absolute atomic E-state index is 0.269. The van der Waals surface area contributed by atoms with E-state index in [1.165, 1.54) is 18.1 Å². The molecule has 4 nitrogen and oxygen atoms in total. The number of aromatic nitrogens is 3. The molecule has 0 amide bonds. The molecule has 0 aliphatic carbocycles. The lowest BCUT2D eigenvalue weighted by Gasteiger charge is -2.34. The largest absolute Gasteiger partial charge is 0.480 e. The van der Waals surface area contributed by atoms with Crippen molar-refractivity contribution in [1.29, 1.82) is 0 Å². The van der Waals surface area contributed by atoms with Crippen LogP contribution in [0, 0.1) is 5.92 Å². The third kappa shape index (κ3) is 3.06. The molecule has 0 saturated carbocycles. The van der Waals surface area contributed by atoms with E-state index in [1.807, 2.05) is 12.1 Å². The van der Waals surface area contributed by atoms with Crippen molar-refractivity contribution in [3.05, 3.63) is 36.2 Å². The summed E-state index contributed by atoms with van der Waals surface area (Å²) in [6, 6.07) is 6.88. The van der Waals surface area contributed by atoms with E-state index in [-0.39, 0.29) is 5.75 Å². The van der Waals surface area contributed by atoms with Crippen LogP contribution in [0.25, 0.3) is 0 Å². The molecule has 0 unspecified atom stereocenters. The van der Waals surface area contributed by atoms with Crippen molar-refractivity contribution >= 4 is 11.8 Å². The van der Waals surface area contributed by atoms with Crippen LogP contribution in [0.1, 0.15) is 5.56 Å². The maximum atomic E-state index is 13.3. The van der Waals surface area contributed by atoms with Crippen molar-refractivity contribution in [3.63, 3.8) is 0 Å². The van der Waals surface area contributed by atoms with E-state index in [9.17, 15) is 13.2 Å². The van der Waals surface area contributed by atoms with Crippen LogP contribution in [-0.4, -0.2) is 32.8 Å². The standard InChI is InChI=1S/C14H14F3N3OS/c1-20-13(18-8-19-20)22-7-10-6-9-4-2-3-5-11(9)21-12(10)14(15,16)17/h2-5,8,10,12H,6-7H2,1H3/t10-,12+/m0/s1. The Morgan fingerprint density at radius 2 is 2.14 bits per heavy atom. The second kappa shape index (κ2) is 5.83. The molecular formula is C14H14F3N3OS. The zero-order valence-electron chi connectivity index (χ0n) is 11.7. The van der Waals surface area contributed by atoms with E-state index >= 15 is 0 Å². The monoisotopic (exact) mass is 329 g/mol. The molecule has 2 aromatic rings. The van der Waals surface area contributed by atoms with Crippen LogP contribution < -0.4 is 4.74 Å². The van der Waals surface area contributed by atoms with E-state index in [0.29, 0.717) is 17.3 Å². The number of hydrogen-bond donors (Lipinski definition) is 0. The molecule has 3 rings (SSSR count). The molecular weight excluding hydrogens is 315 g/mol. The van der Waals surface area contributed by atoms with Gasteiger partial charge in [0, 0.05) is 18.7 Å². The molecule has 0 radical (unpaired) electrons. The Bertz CT molecular complexity index is 659. The van der Waals surface area contributed by atoms with Gasteiger partial charge >= 0.3 is 6.18 Å². The van der Waals surface area contributed by atoms with Crippen molar-refractivity contribution in [1.82, 2.24) is 14.8 Å². The zero-order chi connectivity index (χ0) is 15.7. The van der Waals surface area contributed by atoms with Gasteiger partial charge in [0.15, 0.2) is 11.3 Å². The van der Waals surface area contributed by atoms with Gasteiger partial charge in [-0.2, -0.15) is 18.3 Å². The van der Waals surface area contributed by atoms with Crippen molar-refractivity contribution in [2.75, 3.05) is 5.75 Å². The van der Waals surface area contributed by atoms with Crippen LogP contribution in [0.4, 0.5) is 13.2 Å². The number of fused-ring (bicyclic) bond motifs is 1. The number of halogens is 3. The van der Waals surface area contributed by atoms with Crippen molar-refractivity contribution < 1.29 is 17.9 Å². The third-order valence-corrected chi connectivity index (χ3v) is 4.78. The molecule has 1 aliphatic rings. The number of para-hydroxylation sites is 1. The first kappa shape index (κ1) is 15.2. The topological polar surface area (TPSA) is 39.9 Å². The zero-order valence-corrected chi connectivity index (χ0v) is 12.6. The second-order valence-corrected chi connectivity index (χ2v) is 6.12. The fourth-order valence-corrected chi connectivity index (χ4v) is 3.50. The molecule has 2 heterocycles. The van der Waals surface area contributed by atoms with Gasteiger partial charge in [0.25, 0.3) is 0 Å². The van der Waals surface area contributed by atoms with Gasteiger partial charge in [-0.05, 0) is 18.1 Å². The number of thioether (sulfide) groups is 1. The molecule has 1 aromatic carbocycles. The van der Waals surface area contributed by atoms with Crippen molar-refractivity contribution in [2.24, 2.45) is 13.0 Å². The maximum absolute atomic E-state index is 13.3. The van der Waals surface area contributed by atoms with Crippen LogP contribution in [-0.2, 0) is 13.5 Å². The fraction of sp³-hybridized carbons (Fsp3) is 0.429. The van der Waals surface area contributed by atoms with Gasteiger partial charge in [-0.25, -0.2) is 9.67 Å². The lowest BCUT2D eigenvalue weighted by molar-refractivity contribution is -0.211. The van der Waals surface area contributed by atoms with Crippen LogP contribution in [0.5, 0.6) is 5.75 Å². The molecule has 1 aromatic heterocycles. The number of rotatable bonds is 3. The van der Waals surface area contributed by atoms with Crippen LogP contribution in [0.2, 0.25) is 0 Å². The molecule has 8 heteroatoms. The van der Waals surface area contributed by atoms with Gasteiger partial charge < -0.3 is 4.74 Å². The summed E-state index contributed by atoms with van der Waals surface area (Å²) < 4.78 is 46.6. The third-order valence-electron chi connectivity index (χ3n) is 3.56. The molecule has 0 bridgehead atoms. The maximum Gasteiger partial charge on any atom is 0.425 e. The Kier molecular flexibility index (Phi) is 4.03. The summed E-state index contributed by atoms with van der Waals surface area (Å²) in [6.45, 7) is 0. The summed E-state index contributed by atoms with van der Waals surface area (Å²) in [7, 11) is 1.71. The van der Waals surface area contributed by atoms with Gasteiger partial charge in [0.2, 0.25) is 0 Å². The Balaban J connectivity index is 1.79. The SMILES string of the molecule is Cn1ncnc1SC[C@@H]1Cc2ccccc2O[C@H]1C(F)(F)F. The highest BCUT2D eigenvalue weighted by molar-refractivity contribution is 7.99. The minimum Gasteiger partial charge on any atom is -0.480 e. The lowest BCUT2D eigenvalue weighted by Crippen LogP contribution is -2.45. The Morgan fingerprint density at radius 1 is 1.36 bits per heavy atom. The Morgan fingerprint density at radius 3 is 2.82 bits per heavy atom. The summed E-state index contributed by atoms with van der Waals surface area (Å²) in [5.74, 6) is -0.0632. The number of benzene rings is 1. The van der Waals surface area contributed by atoms with Gasteiger partial charge in [-0.15, -0.1) is 0 Å². The van der Waals surface area contributed by atoms with Gasteiger partial charge in [-0.1, -0.05) is 30.0 Å². The first-order chi connectivity index (χ1) is 10.4. The van der Waals surface area contributed by atoms with E-state index < -0.39 is 18.2 Å². The quantitative estimate of drug-likeness (QED) is 0.812. The summed E-state index contributed by atoms with van der Waals surface area (Å²) in [5, 5.41) is 4.51. The Hall–Kier alpha value is -1.70. The average Bonchev–Trinajstić information content (AvgIpc) is 2.88. The molecule has 1 aliphatic heterocycles. The summed E-state index contributed by atoms with van der Waals surface area (Å²) >= 11 is 1.26. The van der Waals surface area contributed by atoms with Gasteiger partial charge in [0.05, 0.1) is 0 Å². The molecule has 22 heavy (non-hydrogen) atoms. The van der Waals surface area contributed by atoms with E-state index in [2.05, 4.69) is 10.1 Å². The predicted molar refractivity (Wildman–Crippen MR) is 75.8 cm³/mol. The molecule has 0 fully saturated rings. The van der Waals surface area contributed by atoms with Crippen molar-refractivity contribution in [2.45, 2.75) is 23.9 Å². The van der Waals surface area contributed by atoms with Crippen LogP contribution >= 0.6 is 11.8 Å². The predicted octanol–water partition coefficient (Wildman–Crippen LogP) is 3.09. The number of hydrogen-bond acceptors (Lipinski definition) is 4. The van der Waals surface area contributed by atoms with E-state index in [1.54, 1.807) is 23.9 Å². The van der Waals surface area contributed by atoms with E-state index in [0.717, 1.165) is 5.56 Å². The number of alkyl halides is 3. The van der Waals surface area contributed by atoms with Crippen LogP contribution in [0.15, 0.2) is 35.7 Å². The molecule has 0 N–H and O–H groups in total. The molecule has 0 saturated heterocycles. The first-order valence-corrected chi connectivity index (χ1v) is 7.72. The van der Waals surface area contributed by atoms with E-state index in [4.69, 9.17) is 4.74 Å².